The van der Waals surface area contributed by atoms with E-state index in [0.29, 0.717) is 0 Å². The normalized spacial score (nSPS) is 15.9. The van der Waals surface area contributed by atoms with Crippen molar-refractivity contribution in [2.75, 3.05) is 11.9 Å². The highest BCUT2D eigenvalue weighted by molar-refractivity contribution is 9.10. The van der Waals surface area contributed by atoms with E-state index in [0.717, 1.165) is 34.6 Å². The Hall–Kier alpha value is -1.03. The largest absolute Gasteiger partial charge is 0.338 e. The van der Waals surface area contributed by atoms with E-state index >= 15 is 0 Å². The summed E-state index contributed by atoms with van der Waals surface area (Å²) in [6.07, 6.45) is 7.86. The Labute approximate surface area is 129 Å². The number of carbonyl (C=O) groups is 1. The Morgan fingerprint density at radius 3 is 2.75 bits per heavy atom. The van der Waals surface area contributed by atoms with Gasteiger partial charge in [0.1, 0.15) is 0 Å². The van der Waals surface area contributed by atoms with Gasteiger partial charge < -0.3 is 10.6 Å². The molecule has 2 amide bonds. The van der Waals surface area contributed by atoms with E-state index in [1.54, 1.807) is 0 Å². The number of anilines is 1. The second-order valence-electron chi connectivity index (χ2n) is 5.63. The van der Waals surface area contributed by atoms with Crippen LogP contribution in [0, 0.1) is 12.8 Å². The van der Waals surface area contributed by atoms with E-state index in [-0.39, 0.29) is 6.03 Å². The first-order chi connectivity index (χ1) is 9.65. The average Bonchev–Trinajstić information content (AvgIpc) is 2.43. The maximum absolute atomic E-state index is 11.9. The molecule has 20 heavy (non-hydrogen) atoms. The maximum Gasteiger partial charge on any atom is 0.319 e. The Morgan fingerprint density at radius 2 is 2.05 bits per heavy atom. The van der Waals surface area contributed by atoms with E-state index in [2.05, 4.69) is 26.6 Å². The average molecular weight is 339 g/mol. The first kappa shape index (κ1) is 15.4. The number of amides is 2. The zero-order chi connectivity index (χ0) is 14.4. The minimum Gasteiger partial charge on any atom is -0.338 e. The summed E-state index contributed by atoms with van der Waals surface area (Å²) < 4.78 is 1.03. The Kier molecular flexibility index (Phi) is 5.89. The Morgan fingerprint density at radius 1 is 1.30 bits per heavy atom. The van der Waals surface area contributed by atoms with E-state index in [9.17, 15) is 4.79 Å². The van der Waals surface area contributed by atoms with Crippen LogP contribution in [0.4, 0.5) is 10.5 Å². The molecule has 1 fully saturated rings. The maximum atomic E-state index is 11.9. The zero-order valence-electron chi connectivity index (χ0n) is 12.0. The van der Waals surface area contributed by atoms with Gasteiger partial charge in [0, 0.05) is 16.7 Å². The van der Waals surface area contributed by atoms with Crippen LogP contribution >= 0.6 is 15.9 Å². The highest BCUT2D eigenvalue weighted by Crippen LogP contribution is 2.25. The molecule has 0 aliphatic heterocycles. The summed E-state index contributed by atoms with van der Waals surface area (Å²) in [7, 11) is 0. The second kappa shape index (κ2) is 7.67. The molecule has 3 nitrogen and oxygen atoms in total. The molecular formula is C16H23BrN2O. The molecule has 0 aromatic heterocycles. The summed E-state index contributed by atoms with van der Waals surface area (Å²) in [4.78, 5) is 11.9. The number of aryl methyl sites for hydroxylation is 1. The van der Waals surface area contributed by atoms with E-state index < -0.39 is 0 Å². The molecule has 0 radical (unpaired) electrons. The Balaban J connectivity index is 1.72. The molecule has 1 aromatic rings. The van der Waals surface area contributed by atoms with Crippen molar-refractivity contribution >= 4 is 27.6 Å². The first-order valence-corrected chi connectivity index (χ1v) is 8.25. The molecule has 0 unspecified atom stereocenters. The van der Waals surface area contributed by atoms with Gasteiger partial charge in [-0.15, -0.1) is 0 Å². The first-order valence-electron chi connectivity index (χ1n) is 7.46. The predicted molar refractivity (Wildman–Crippen MR) is 87.1 cm³/mol. The quantitative estimate of drug-likeness (QED) is 0.809. The van der Waals surface area contributed by atoms with Gasteiger partial charge in [0.25, 0.3) is 0 Å². The lowest BCUT2D eigenvalue weighted by atomic mass is 9.87. The van der Waals surface area contributed by atoms with Crippen LogP contribution in [0.1, 0.15) is 44.1 Å². The molecule has 0 saturated heterocycles. The number of nitrogens with one attached hydrogen (secondary N) is 2. The van der Waals surface area contributed by atoms with Gasteiger partial charge in [-0.25, -0.2) is 4.79 Å². The molecule has 110 valence electrons. The molecule has 0 atom stereocenters. The van der Waals surface area contributed by atoms with Gasteiger partial charge in [-0.05, 0) is 43.0 Å². The molecule has 1 aliphatic rings. The van der Waals surface area contributed by atoms with E-state index in [1.165, 1.54) is 32.1 Å². The second-order valence-corrected chi connectivity index (χ2v) is 6.55. The van der Waals surface area contributed by atoms with Crippen molar-refractivity contribution in [2.45, 2.75) is 45.4 Å². The minimum atomic E-state index is -0.105. The molecule has 1 saturated carbocycles. The molecule has 4 heteroatoms. The van der Waals surface area contributed by atoms with Gasteiger partial charge in [-0.2, -0.15) is 0 Å². The summed E-state index contributed by atoms with van der Waals surface area (Å²) >= 11 is 3.42. The number of halogens is 1. The summed E-state index contributed by atoms with van der Waals surface area (Å²) in [5, 5.41) is 5.86. The zero-order valence-corrected chi connectivity index (χ0v) is 13.6. The van der Waals surface area contributed by atoms with Gasteiger partial charge in [-0.1, -0.05) is 48.0 Å². The van der Waals surface area contributed by atoms with Crippen LogP contribution in [0.5, 0.6) is 0 Å². The summed E-state index contributed by atoms with van der Waals surface area (Å²) in [6, 6.07) is 5.74. The fraction of sp³-hybridized carbons (Fsp3) is 0.562. The number of urea groups is 1. The van der Waals surface area contributed by atoms with Gasteiger partial charge >= 0.3 is 6.03 Å². The summed E-state index contributed by atoms with van der Waals surface area (Å²) in [5.74, 6) is 0.804. The topological polar surface area (TPSA) is 41.1 Å². The van der Waals surface area contributed by atoms with Crippen LogP contribution in [0.3, 0.4) is 0 Å². The van der Waals surface area contributed by atoms with Gasteiger partial charge in [0.15, 0.2) is 0 Å². The standard InChI is InChI=1S/C16H23BrN2O/c1-12-11-14(17)7-8-15(12)19-16(20)18-10-9-13-5-3-2-4-6-13/h7-8,11,13H,2-6,9-10H2,1H3,(H2,18,19,20). The van der Waals surface area contributed by atoms with Crippen molar-refractivity contribution in [2.24, 2.45) is 5.92 Å². The monoisotopic (exact) mass is 338 g/mol. The summed E-state index contributed by atoms with van der Waals surface area (Å²) in [5.41, 5.74) is 1.92. The fourth-order valence-electron chi connectivity index (χ4n) is 2.80. The van der Waals surface area contributed by atoms with Gasteiger partial charge in [0.05, 0.1) is 0 Å². The lowest BCUT2D eigenvalue weighted by Gasteiger charge is -2.21. The third kappa shape index (κ3) is 4.82. The lowest BCUT2D eigenvalue weighted by molar-refractivity contribution is 0.250. The van der Waals surface area contributed by atoms with Crippen molar-refractivity contribution in [3.8, 4) is 0 Å². The van der Waals surface area contributed by atoms with Crippen LogP contribution < -0.4 is 10.6 Å². The van der Waals surface area contributed by atoms with Crippen molar-refractivity contribution < 1.29 is 4.79 Å². The summed E-state index contributed by atoms with van der Waals surface area (Å²) in [6.45, 7) is 2.76. The number of hydrogen-bond donors (Lipinski definition) is 2. The molecule has 1 aromatic carbocycles. The third-order valence-electron chi connectivity index (χ3n) is 4.00. The predicted octanol–water partition coefficient (Wildman–Crippen LogP) is 4.85. The number of hydrogen-bond acceptors (Lipinski definition) is 1. The van der Waals surface area contributed by atoms with Crippen molar-refractivity contribution in [1.29, 1.82) is 0 Å². The van der Waals surface area contributed by atoms with Gasteiger partial charge in [-0.3, -0.25) is 0 Å². The van der Waals surface area contributed by atoms with Crippen LogP contribution in [0.2, 0.25) is 0 Å². The molecule has 0 spiro atoms. The molecule has 2 rings (SSSR count). The van der Waals surface area contributed by atoms with E-state index in [1.807, 2.05) is 25.1 Å². The molecule has 0 bridgehead atoms. The molecule has 1 aliphatic carbocycles. The van der Waals surface area contributed by atoms with Crippen molar-refractivity contribution in [1.82, 2.24) is 5.32 Å². The lowest BCUT2D eigenvalue weighted by Crippen LogP contribution is -2.31. The number of carbonyl (C=O) groups excluding carboxylic acids is 1. The molecule has 2 N–H and O–H groups in total. The van der Waals surface area contributed by atoms with Gasteiger partial charge in [0.2, 0.25) is 0 Å². The van der Waals surface area contributed by atoms with Crippen molar-refractivity contribution in [3.63, 3.8) is 0 Å². The van der Waals surface area contributed by atoms with E-state index in [4.69, 9.17) is 0 Å². The van der Waals surface area contributed by atoms with Crippen LogP contribution in [0.25, 0.3) is 0 Å². The number of benzene rings is 1. The highest BCUT2D eigenvalue weighted by Gasteiger charge is 2.13. The third-order valence-corrected chi connectivity index (χ3v) is 4.49. The van der Waals surface area contributed by atoms with Crippen LogP contribution in [-0.4, -0.2) is 12.6 Å². The minimum absolute atomic E-state index is 0.105. The fourth-order valence-corrected chi connectivity index (χ4v) is 3.28. The van der Waals surface area contributed by atoms with Crippen LogP contribution in [-0.2, 0) is 0 Å². The molecule has 0 heterocycles. The van der Waals surface area contributed by atoms with Crippen LogP contribution in [0.15, 0.2) is 22.7 Å². The Bertz CT molecular complexity index is 456. The SMILES string of the molecule is Cc1cc(Br)ccc1NC(=O)NCCC1CCCCC1. The smallest absolute Gasteiger partial charge is 0.319 e. The number of rotatable bonds is 4. The highest BCUT2D eigenvalue weighted by atomic mass is 79.9. The van der Waals surface area contributed by atoms with Crippen molar-refractivity contribution in [3.05, 3.63) is 28.2 Å². The molecular weight excluding hydrogens is 316 g/mol.